The maximum atomic E-state index is 12.1. The Morgan fingerprint density at radius 1 is 1.59 bits per heavy atom. The minimum absolute atomic E-state index is 0.0606. The van der Waals surface area contributed by atoms with E-state index >= 15 is 0 Å². The fourth-order valence-electron chi connectivity index (χ4n) is 2.36. The number of carbonyl (C=O) groups excluding carboxylic acids is 2. The molecule has 2 aliphatic heterocycles. The second kappa shape index (κ2) is 6.43. The first-order chi connectivity index (χ1) is 10.7. The molecule has 0 aliphatic carbocycles. The number of thiophene rings is 1. The van der Waals surface area contributed by atoms with E-state index in [4.69, 9.17) is 5.53 Å². The highest BCUT2D eigenvalue weighted by molar-refractivity contribution is 8.00. The molecule has 9 heteroatoms. The molecule has 1 aromatic rings. The number of β-lactam (4-membered cyclic amide) rings is 1. The highest BCUT2D eigenvalue weighted by Gasteiger charge is 2.49. The lowest BCUT2D eigenvalue weighted by molar-refractivity contribution is -0.144. The van der Waals surface area contributed by atoms with Crippen LogP contribution in [-0.4, -0.2) is 40.4 Å². The number of rotatable bonds is 5. The summed E-state index contributed by atoms with van der Waals surface area (Å²) in [7, 11) is 0. The van der Waals surface area contributed by atoms with E-state index in [-0.39, 0.29) is 23.7 Å². The van der Waals surface area contributed by atoms with E-state index in [0.717, 1.165) is 10.5 Å². The van der Waals surface area contributed by atoms with Gasteiger partial charge in [-0.3, -0.25) is 9.59 Å². The standard InChI is InChI=1S/C13H13N5O2S2/c14-17-15-5-8-6-18-12(20)11(13(18)22-7-8)16-10(19)4-9-2-1-3-21-9/h1-3,6,11,13H,4-5,7H2,(H,16,19)/t11?,13-/m1/s1. The lowest BCUT2D eigenvalue weighted by Gasteiger charge is -2.47. The van der Waals surface area contributed by atoms with E-state index in [9.17, 15) is 9.59 Å². The Labute approximate surface area is 135 Å². The number of nitrogens with zero attached hydrogens (tertiary/aromatic N) is 4. The summed E-state index contributed by atoms with van der Waals surface area (Å²) in [6.45, 7) is 0.273. The molecule has 1 N–H and O–H groups in total. The van der Waals surface area contributed by atoms with E-state index < -0.39 is 6.04 Å². The number of amides is 2. The van der Waals surface area contributed by atoms with Crippen molar-refractivity contribution in [2.45, 2.75) is 17.8 Å². The van der Waals surface area contributed by atoms with Crippen LogP contribution in [0.25, 0.3) is 10.4 Å². The average Bonchev–Trinajstić information content (AvgIpc) is 3.03. The number of nitrogens with one attached hydrogen (secondary N) is 1. The Balaban J connectivity index is 1.57. The van der Waals surface area contributed by atoms with Gasteiger partial charge < -0.3 is 10.2 Å². The van der Waals surface area contributed by atoms with Gasteiger partial charge >= 0.3 is 0 Å². The van der Waals surface area contributed by atoms with Crippen molar-refractivity contribution in [2.24, 2.45) is 5.11 Å². The van der Waals surface area contributed by atoms with Gasteiger partial charge in [-0.15, -0.1) is 23.1 Å². The van der Waals surface area contributed by atoms with Gasteiger partial charge in [-0.2, -0.15) is 0 Å². The third-order valence-electron chi connectivity index (χ3n) is 3.41. The van der Waals surface area contributed by atoms with Crippen LogP contribution in [0.4, 0.5) is 0 Å². The van der Waals surface area contributed by atoms with Crippen molar-refractivity contribution in [2.75, 3.05) is 12.3 Å². The van der Waals surface area contributed by atoms with Gasteiger partial charge in [-0.1, -0.05) is 11.2 Å². The summed E-state index contributed by atoms with van der Waals surface area (Å²) in [6.07, 6.45) is 2.04. The van der Waals surface area contributed by atoms with Crippen LogP contribution in [0.2, 0.25) is 0 Å². The fourth-order valence-corrected chi connectivity index (χ4v) is 4.32. The number of hydrogen-bond donors (Lipinski definition) is 1. The topological polar surface area (TPSA) is 98.2 Å². The third kappa shape index (κ3) is 2.96. The molecule has 1 aromatic heterocycles. The van der Waals surface area contributed by atoms with Crippen molar-refractivity contribution >= 4 is 34.9 Å². The molecule has 0 radical (unpaired) electrons. The van der Waals surface area contributed by atoms with Crippen LogP contribution >= 0.6 is 23.1 Å². The van der Waals surface area contributed by atoms with Crippen molar-refractivity contribution in [3.63, 3.8) is 0 Å². The van der Waals surface area contributed by atoms with Crippen LogP contribution in [0.15, 0.2) is 34.4 Å². The largest absolute Gasteiger partial charge is 0.341 e. The number of azide groups is 1. The molecule has 3 heterocycles. The van der Waals surface area contributed by atoms with Crippen LogP contribution in [0.3, 0.4) is 0 Å². The van der Waals surface area contributed by atoms with Gasteiger partial charge in [0.1, 0.15) is 11.4 Å². The fraction of sp³-hybridized carbons (Fsp3) is 0.385. The van der Waals surface area contributed by atoms with Gasteiger partial charge in [-0.05, 0) is 22.6 Å². The van der Waals surface area contributed by atoms with Gasteiger partial charge in [0.25, 0.3) is 5.91 Å². The number of hydrogen-bond acceptors (Lipinski definition) is 5. The highest BCUT2D eigenvalue weighted by Crippen LogP contribution is 2.36. The normalized spacial score (nSPS) is 23.0. The zero-order chi connectivity index (χ0) is 15.5. The first kappa shape index (κ1) is 15.0. The summed E-state index contributed by atoms with van der Waals surface area (Å²) in [6, 6.07) is 3.34. The van der Waals surface area contributed by atoms with E-state index in [1.807, 2.05) is 17.5 Å². The molecule has 2 aliphatic rings. The second-order valence-corrected chi connectivity index (χ2v) is 7.06. The smallest absolute Gasteiger partial charge is 0.253 e. The first-order valence-corrected chi connectivity index (χ1v) is 8.58. The molecule has 3 rings (SSSR count). The van der Waals surface area contributed by atoms with Crippen molar-refractivity contribution < 1.29 is 9.59 Å². The summed E-state index contributed by atoms with van der Waals surface area (Å²) in [4.78, 5) is 29.4. The molecule has 1 saturated heterocycles. The molecular formula is C13H13N5O2S2. The zero-order valence-electron chi connectivity index (χ0n) is 11.5. The second-order valence-electron chi connectivity index (χ2n) is 4.92. The zero-order valence-corrected chi connectivity index (χ0v) is 13.1. The molecule has 114 valence electrons. The first-order valence-electron chi connectivity index (χ1n) is 6.65. The number of carbonyl (C=O) groups is 2. The quantitative estimate of drug-likeness (QED) is 0.385. The molecule has 2 amide bonds. The molecule has 1 unspecified atom stereocenters. The Morgan fingerprint density at radius 3 is 3.18 bits per heavy atom. The molecule has 0 saturated carbocycles. The Bertz CT molecular complexity index is 666. The summed E-state index contributed by atoms with van der Waals surface area (Å²) in [5.74, 6) is 0.449. The van der Waals surface area contributed by atoms with E-state index in [0.29, 0.717) is 12.2 Å². The molecule has 22 heavy (non-hydrogen) atoms. The minimum atomic E-state index is -0.463. The van der Waals surface area contributed by atoms with E-state index in [1.54, 1.807) is 22.9 Å². The average molecular weight is 335 g/mol. The van der Waals surface area contributed by atoms with Gasteiger partial charge in [-0.25, -0.2) is 0 Å². The Morgan fingerprint density at radius 2 is 2.45 bits per heavy atom. The SMILES string of the molecule is [N-]=[N+]=NCC1=CN2C(=O)C(NC(=O)Cc3cccs3)[C@H]2SC1. The minimum Gasteiger partial charge on any atom is -0.341 e. The highest BCUT2D eigenvalue weighted by atomic mass is 32.2. The molecule has 0 aromatic carbocycles. The monoisotopic (exact) mass is 335 g/mol. The predicted octanol–water partition coefficient (Wildman–Crippen LogP) is 1.88. The molecule has 1 fully saturated rings. The number of thioether (sulfide) groups is 1. The Kier molecular flexibility index (Phi) is 4.37. The lowest BCUT2D eigenvalue weighted by Crippen LogP contribution is -2.68. The van der Waals surface area contributed by atoms with Gasteiger partial charge in [0, 0.05) is 28.3 Å². The molecule has 0 bridgehead atoms. The summed E-state index contributed by atoms with van der Waals surface area (Å²) in [5, 5.41) is 8.17. The van der Waals surface area contributed by atoms with Gasteiger partial charge in [0.05, 0.1) is 6.42 Å². The number of fused-ring (bicyclic) bond motifs is 1. The maximum Gasteiger partial charge on any atom is 0.253 e. The summed E-state index contributed by atoms with van der Waals surface area (Å²) >= 11 is 3.10. The van der Waals surface area contributed by atoms with Crippen molar-refractivity contribution in [3.8, 4) is 0 Å². The Hall–Kier alpha value is -1.96. The molecule has 7 nitrogen and oxygen atoms in total. The molecule has 2 atom stereocenters. The van der Waals surface area contributed by atoms with Crippen LogP contribution < -0.4 is 5.32 Å². The summed E-state index contributed by atoms with van der Waals surface area (Å²) < 4.78 is 0. The van der Waals surface area contributed by atoms with Crippen molar-refractivity contribution in [3.05, 3.63) is 44.6 Å². The van der Waals surface area contributed by atoms with Crippen LogP contribution in [0, 0.1) is 0 Å². The van der Waals surface area contributed by atoms with Crippen LogP contribution in [0.1, 0.15) is 4.88 Å². The summed E-state index contributed by atoms with van der Waals surface area (Å²) in [5.41, 5.74) is 9.24. The van der Waals surface area contributed by atoms with Crippen LogP contribution in [-0.2, 0) is 16.0 Å². The van der Waals surface area contributed by atoms with E-state index in [2.05, 4.69) is 15.3 Å². The third-order valence-corrected chi connectivity index (χ3v) is 5.66. The molecular weight excluding hydrogens is 322 g/mol. The predicted molar refractivity (Wildman–Crippen MR) is 85.1 cm³/mol. The van der Waals surface area contributed by atoms with Gasteiger partial charge in [0.2, 0.25) is 5.91 Å². The molecule has 0 spiro atoms. The van der Waals surface area contributed by atoms with Crippen LogP contribution in [0.5, 0.6) is 0 Å². The maximum absolute atomic E-state index is 12.1. The van der Waals surface area contributed by atoms with E-state index in [1.165, 1.54) is 11.3 Å². The van der Waals surface area contributed by atoms with Crippen molar-refractivity contribution in [1.29, 1.82) is 0 Å². The van der Waals surface area contributed by atoms with Gasteiger partial charge in [0.15, 0.2) is 0 Å². The lowest BCUT2D eigenvalue weighted by atomic mass is 10.1. The van der Waals surface area contributed by atoms with Crippen molar-refractivity contribution in [1.82, 2.24) is 10.2 Å².